The van der Waals surface area contributed by atoms with Gasteiger partial charge in [0.15, 0.2) is 0 Å². The molecule has 1 unspecified atom stereocenters. The van der Waals surface area contributed by atoms with Crippen molar-refractivity contribution in [1.82, 2.24) is 0 Å². The highest BCUT2D eigenvalue weighted by Gasteiger charge is 2.28. The molecule has 0 heterocycles. The molecule has 2 nitrogen and oxygen atoms in total. The molecule has 2 aliphatic rings. The molecule has 0 bridgehead atoms. The molecule has 2 saturated carbocycles. The van der Waals surface area contributed by atoms with Crippen molar-refractivity contribution in [3.8, 4) is 0 Å². The lowest BCUT2D eigenvalue weighted by Gasteiger charge is -2.25. The summed E-state index contributed by atoms with van der Waals surface area (Å²) in [5.74, 6) is 0.921. The van der Waals surface area contributed by atoms with Crippen LogP contribution in [0.1, 0.15) is 64.7 Å². The minimum atomic E-state index is 0.0825. The van der Waals surface area contributed by atoms with Gasteiger partial charge in [-0.25, -0.2) is 0 Å². The molecule has 2 fully saturated rings. The highest BCUT2D eigenvalue weighted by molar-refractivity contribution is 5.72. The summed E-state index contributed by atoms with van der Waals surface area (Å²) in [4.78, 5) is 11.9. The van der Waals surface area contributed by atoms with Crippen LogP contribution in [0.5, 0.6) is 0 Å². The van der Waals surface area contributed by atoms with Crippen molar-refractivity contribution in [3.05, 3.63) is 0 Å². The fourth-order valence-corrected chi connectivity index (χ4v) is 3.14. The second-order valence-electron chi connectivity index (χ2n) is 5.52. The Bertz CT molecular complexity index is 225. The summed E-state index contributed by atoms with van der Waals surface area (Å²) in [6.45, 7) is 2.08. The average molecular weight is 224 g/mol. The fourth-order valence-electron chi connectivity index (χ4n) is 3.14. The number of hydrogen-bond acceptors (Lipinski definition) is 2. The van der Waals surface area contributed by atoms with Crippen molar-refractivity contribution in [2.24, 2.45) is 11.8 Å². The van der Waals surface area contributed by atoms with Gasteiger partial charge in [0.25, 0.3) is 0 Å². The van der Waals surface area contributed by atoms with Crippen LogP contribution in [-0.4, -0.2) is 12.1 Å². The minimum Gasteiger partial charge on any atom is -0.462 e. The Morgan fingerprint density at radius 2 is 1.56 bits per heavy atom. The average Bonchev–Trinajstić information content (AvgIpc) is 2.83. The molecule has 0 aromatic heterocycles. The van der Waals surface area contributed by atoms with E-state index in [4.69, 9.17) is 4.74 Å². The first-order chi connectivity index (χ1) is 7.77. The number of hydrogen-bond donors (Lipinski definition) is 0. The molecule has 0 N–H and O–H groups in total. The minimum absolute atomic E-state index is 0.0825. The number of ether oxygens (including phenoxy) is 1. The topological polar surface area (TPSA) is 26.3 Å². The smallest absolute Gasteiger partial charge is 0.309 e. The van der Waals surface area contributed by atoms with E-state index in [0.29, 0.717) is 5.92 Å². The summed E-state index contributed by atoms with van der Waals surface area (Å²) in [6.07, 6.45) is 11.1. The molecule has 1 atom stereocenters. The van der Waals surface area contributed by atoms with Crippen LogP contribution in [0, 0.1) is 11.8 Å². The summed E-state index contributed by atoms with van der Waals surface area (Å²) in [6, 6.07) is 0. The molecule has 0 radical (unpaired) electrons. The van der Waals surface area contributed by atoms with E-state index >= 15 is 0 Å². The van der Waals surface area contributed by atoms with Gasteiger partial charge in [-0.2, -0.15) is 0 Å². The van der Waals surface area contributed by atoms with E-state index in [2.05, 4.69) is 6.92 Å². The standard InChI is InChI=1S/C14H24O2/c1-11(12-7-5-6-8-12)16-14(15)13-9-3-2-4-10-13/h11-13H,2-10H2,1H3. The Morgan fingerprint density at radius 3 is 2.19 bits per heavy atom. The van der Waals surface area contributed by atoms with Crippen molar-refractivity contribution in [2.75, 3.05) is 0 Å². The van der Waals surface area contributed by atoms with E-state index in [-0.39, 0.29) is 18.0 Å². The van der Waals surface area contributed by atoms with Crippen molar-refractivity contribution in [3.63, 3.8) is 0 Å². The zero-order valence-electron chi connectivity index (χ0n) is 10.4. The summed E-state index contributed by atoms with van der Waals surface area (Å²) >= 11 is 0. The first kappa shape index (κ1) is 11.9. The lowest BCUT2D eigenvalue weighted by molar-refractivity contribution is -0.156. The maximum absolute atomic E-state index is 11.9. The van der Waals surface area contributed by atoms with Crippen molar-refractivity contribution in [2.45, 2.75) is 70.8 Å². The Balaban J connectivity index is 1.76. The van der Waals surface area contributed by atoms with Gasteiger partial charge < -0.3 is 4.74 Å². The molecule has 2 rings (SSSR count). The van der Waals surface area contributed by atoms with Gasteiger partial charge in [0, 0.05) is 0 Å². The predicted molar refractivity (Wildman–Crippen MR) is 64.1 cm³/mol. The largest absolute Gasteiger partial charge is 0.462 e. The number of esters is 1. The molecule has 2 heteroatoms. The number of carbonyl (C=O) groups is 1. The second kappa shape index (κ2) is 5.70. The highest BCUT2D eigenvalue weighted by Crippen LogP contribution is 2.31. The molecule has 0 amide bonds. The summed E-state index contributed by atoms with van der Waals surface area (Å²) < 4.78 is 5.63. The molecule has 16 heavy (non-hydrogen) atoms. The maximum atomic E-state index is 11.9. The van der Waals surface area contributed by atoms with Crippen LogP contribution in [0.2, 0.25) is 0 Å². The zero-order chi connectivity index (χ0) is 11.4. The third kappa shape index (κ3) is 2.99. The zero-order valence-corrected chi connectivity index (χ0v) is 10.4. The third-order valence-electron chi connectivity index (χ3n) is 4.30. The van der Waals surface area contributed by atoms with Crippen molar-refractivity contribution in [1.29, 1.82) is 0 Å². The monoisotopic (exact) mass is 224 g/mol. The molecular formula is C14H24O2. The van der Waals surface area contributed by atoms with Crippen molar-refractivity contribution < 1.29 is 9.53 Å². The highest BCUT2D eigenvalue weighted by atomic mass is 16.5. The Kier molecular flexibility index (Phi) is 4.25. The second-order valence-corrected chi connectivity index (χ2v) is 5.52. The van der Waals surface area contributed by atoms with Gasteiger partial charge in [-0.15, -0.1) is 0 Å². The first-order valence-electron chi connectivity index (χ1n) is 6.98. The molecule has 0 saturated heterocycles. The van der Waals surface area contributed by atoms with Gasteiger partial charge in [-0.3, -0.25) is 4.79 Å². The molecular weight excluding hydrogens is 200 g/mol. The first-order valence-corrected chi connectivity index (χ1v) is 6.98. The third-order valence-corrected chi connectivity index (χ3v) is 4.30. The van der Waals surface area contributed by atoms with Crippen LogP contribution in [0.3, 0.4) is 0 Å². The Hall–Kier alpha value is -0.530. The van der Waals surface area contributed by atoms with Crippen LogP contribution in [0.4, 0.5) is 0 Å². The predicted octanol–water partition coefficient (Wildman–Crippen LogP) is 3.69. The fraction of sp³-hybridized carbons (Fsp3) is 0.929. The lowest BCUT2D eigenvalue weighted by atomic mass is 9.89. The van der Waals surface area contributed by atoms with Crippen molar-refractivity contribution >= 4 is 5.97 Å². The quantitative estimate of drug-likeness (QED) is 0.683. The Labute approximate surface area is 98.7 Å². The van der Waals surface area contributed by atoms with Gasteiger partial charge in [-0.05, 0) is 38.5 Å². The molecule has 92 valence electrons. The van der Waals surface area contributed by atoms with E-state index in [1.54, 1.807) is 0 Å². The molecule has 0 aliphatic heterocycles. The SMILES string of the molecule is CC(OC(=O)C1CCCCC1)C1CCCC1. The maximum Gasteiger partial charge on any atom is 0.309 e. The van der Waals surface area contributed by atoms with E-state index in [9.17, 15) is 4.79 Å². The van der Waals surface area contributed by atoms with Crippen LogP contribution in [0.25, 0.3) is 0 Å². The van der Waals surface area contributed by atoms with Crippen LogP contribution < -0.4 is 0 Å². The van der Waals surface area contributed by atoms with Gasteiger partial charge in [0.2, 0.25) is 0 Å². The van der Waals surface area contributed by atoms with Gasteiger partial charge in [0.05, 0.1) is 5.92 Å². The molecule has 0 aromatic carbocycles. The van der Waals surface area contributed by atoms with Crippen LogP contribution in [0.15, 0.2) is 0 Å². The number of carbonyl (C=O) groups excluding carboxylic acids is 1. The van der Waals surface area contributed by atoms with Crippen LogP contribution in [-0.2, 0) is 9.53 Å². The summed E-state index contributed by atoms with van der Waals surface area (Å²) in [7, 11) is 0. The van der Waals surface area contributed by atoms with E-state index in [1.807, 2.05) is 0 Å². The number of rotatable bonds is 3. The lowest BCUT2D eigenvalue weighted by Crippen LogP contribution is -2.28. The van der Waals surface area contributed by atoms with Gasteiger partial charge in [-0.1, -0.05) is 32.1 Å². The van der Waals surface area contributed by atoms with E-state index < -0.39 is 0 Å². The molecule has 0 spiro atoms. The molecule has 0 aromatic rings. The van der Waals surface area contributed by atoms with E-state index in [1.165, 1.54) is 44.9 Å². The summed E-state index contributed by atoms with van der Waals surface area (Å²) in [5.41, 5.74) is 0. The van der Waals surface area contributed by atoms with Gasteiger partial charge in [0.1, 0.15) is 6.10 Å². The Morgan fingerprint density at radius 1 is 1.00 bits per heavy atom. The normalized spacial score (nSPS) is 25.6. The van der Waals surface area contributed by atoms with Crippen LogP contribution >= 0.6 is 0 Å². The molecule has 2 aliphatic carbocycles. The van der Waals surface area contributed by atoms with E-state index in [0.717, 1.165) is 12.8 Å². The van der Waals surface area contributed by atoms with Gasteiger partial charge >= 0.3 is 5.97 Å². The summed E-state index contributed by atoms with van der Waals surface area (Å²) in [5, 5.41) is 0.